The molecule has 0 spiro atoms. The molecule has 0 heterocycles. The second-order valence-corrected chi connectivity index (χ2v) is 8.92. The summed E-state index contributed by atoms with van der Waals surface area (Å²) >= 11 is 6.92. The van der Waals surface area contributed by atoms with Gasteiger partial charge in [0.15, 0.2) is 0 Å². The first kappa shape index (κ1) is 14.3. The van der Waals surface area contributed by atoms with Crippen LogP contribution in [0.25, 0.3) is 0 Å². The van der Waals surface area contributed by atoms with Gasteiger partial charge in [-0.3, -0.25) is 4.79 Å². The molecule has 0 saturated heterocycles. The monoisotopic (exact) mass is 411 g/mol. The molecule has 4 heteroatoms. The number of benzene rings is 1. The molecular weight excluding hydrogens is 394 g/mol. The summed E-state index contributed by atoms with van der Waals surface area (Å²) in [5.74, 6) is 3.41. The van der Waals surface area contributed by atoms with Crippen molar-refractivity contribution in [3.05, 3.63) is 32.7 Å². The molecule has 0 atom stereocenters. The van der Waals surface area contributed by atoms with E-state index >= 15 is 0 Å². The maximum absolute atomic E-state index is 12.6. The van der Waals surface area contributed by atoms with Crippen LogP contribution in [-0.4, -0.2) is 11.9 Å². The standard InChI is InChI=1S/C17H19Br2NO/c18-14-6-13(7-15(19)8-14)17(21)20-16-11-2-9-1-10(4-11)5-12(16)3-9/h6-12,16H,1-5H2,(H,20,21). The summed E-state index contributed by atoms with van der Waals surface area (Å²) in [6, 6.07) is 6.16. The Morgan fingerprint density at radius 2 is 1.43 bits per heavy atom. The zero-order valence-corrected chi connectivity index (χ0v) is 15.0. The fraction of sp³-hybridized carbons (Fsp3) is 0.588. The summed E-state index contributed by atoms with van der Waals surface area (Å²) < 4.78 is 1.87. The van der Waals surface area contributed by atoms with E-state index in [4.69, 9.17) is 0 Å². The maximum Gasteiger partial charge on any atom is 0.251 e. The molecule has 1 N–H and O–H groups in total. The highest BCUT2D eigenvalue weighted by molar-refractivity contribution is 9.11. The highest BCUT2D eigenvalue weighted by Gasteiger charge is 2.48. The van der Waals surface area contributed by atoms with Crippen LogP contribution in [0.5, 0.6) is 0 Å². The second-order valence-electron chi connectivity index (χ2n) is 7.09. The van der Waals surface area contributed by atoms with Gasteiger partial charge in [0, 0.05) is 20.6 Å². The van der Waals surface area contributed by atoms with Crippen molar-refractivity contribution in [1.29, 1.82) is 0 Å². The van der Waals surface area contributed by atoms with Gasteiger partial charge in [-0.15, -0.1) is 0 Å². The molecule has 1 aromatic rings. The molecule has 0 unspecified atom stereocenters. The maximum atomic E-state index is 12.6. The molecule has 2 nitrogen and oxygen atoms in total. The number of rotatable bonds is 2. The molecule has 0 aliphatic heterocycles. The fourth-order valence-electron chi connectivity index (χ4n) is 5.08. The minimum atomic E-state index is 0.0782. The smallest absolute Gasteiger partial charge is 0.251 e. The molecule has 0 radical (unpaired) electrons. The molecule has 1 amide bonds. The molecule has 4 saturated carbocycles. The predicted octanol–water partition coefficient (Wildman–Crippen LogP) is 4.77. The van der Waals surface area contributed by atoms with E-state index in [0.29, 0.717) is 6.04 Å². The van der Waals surface area contributed by atoms with Gasteiger partial charge in [-0.1, -0.05) is 31.9 Å². The Hall–Kier alpha value is -0.350. The molecule has 1 aromatic carbocycles. The number of carbonyl (C=O) groups excluding carboxylic acids is 1. The van der Waals surface area contributed by atoms with Crippen LogP contribution in [-0.2, 0) is 0 Å². The van der Waals surface area contributed by atoms with Crippen LogP contribution < -0.4 is 5.32 Å². The van der Waals surface area contributed by atoms with Crippen molar-refractivity contribution in [3.63, 3.8) is 0 Å². The van der Waals surface area contributed by atoms with Gasteiger partial charge in [0.25, 0.3) is 5.91 Å². The van der Waals surface area contributed by atoms with Crippen molar-refractivity contribution in [2.24, 2.45) is 23.7 Å². The third-order valence-corrected chi connectivity index (χ3v) is 6.56. The Labute approximate surface area is 142 Å². The molecule has 112 valence electrons. The van der Waals surface area contributed by atoms with Gasteiger partial charge in [-0.2, -0.15) is 0 Å². The van der Waals surface area contributed by atoms with Gasteiger partial charge in [-0.05, 0) is 74.0 Å². The van der Waals surface area contributed by atoms with Gasteiger partial charge in [-0.25, -0.2) is 0 Å². The normalized spacial score (nSPS) is 36.8. The molecule has 5 rings (SSSR count). The van der Waals surface area contributed by atoms with E-state index in [2.05, 4.69) is 37.2 Å². The molecule has 4 aliphatic carbocycles. The number of halogens is 2. The van der Waals surface area contributed by atoms with Gasteiger partial charge >= 0.3 is 0 Å². The lowest BCUT2D eigenvalue weighted by Crippen LogP contribution is -2.55. The van der Waals surface area contributed by atoms with Crippen LogP contribution in [0.15, 0.2) is 27.1 Å². The lowest BCUT2D eigenvalue weighted by Gasteiger charge is -2.54. The molecule has 0 aromatic heterocycles. The quantitative estimate of drug-likeness (QED) is 0.744. The molecule has 4 bridgehead atoms. The summed E-state index contributed by atoms with van der Waals surface area (Å²) in [6.07, 6.45) is 6.78. The molecule has 21 heavy (non-hydrogen) atoms. The van der Waals surface area contributed by atoms with Gasteiger partial charge < -0.3 is 5.32 Å². The second kappa shape index (κ2) is 5.38. The van der Waals surface area contributed by atoms with E-state index in [-0.39, 0.29) is 5.91 Å². The summed E-state index contributed by atoms with van der Waals surface area (Å²) in [4.78, 5) is 12.6. The Kier molecular flexibility index (Phi) is 3.65. The van der Waals surface area contributed by atoms with E-state index in [1.54, 1.807) is 0 Å². The SMILES string of the molecule is O=C(NC1C2CC3CC(C2)CC1C3)c1cc(Br)cc(Br)c1. The number of nitrogens with one attached hydrogen (secondary N) is 1. The van der Waals surface area contributed by atoms with Crippen molar-refractivity contribution in [2.75, 3.05) is 0 Å². The van der Waals surface area contributed by atoms with Crippen molar-refractivity contribution >= 4 is 37.8 Å². The Bertz CT molecular complexity index is 538. The molecule has 4 aliphatic rings. The van der Waals surface area contributed by atoms with Gasteiger partial charge in [0.2, 0.25) is 0 Å². The average Bonchev–Trinajstić information content (AvgIpc) is 2.40. The summed E-state index contributed by atoms with van der Waals surface area (Å²) in [5, 5.41) is 3.35. The third-order valence-electron chi connectivity index (χ3n) is 5.65. The minimum Gasteiger partial charge on any atom is -0.349 e. The van der Waals surface area contributed by atoms with E-state index in [1.807, 2.05) is 18.2 Å². The molecular formula is C17H19Br2NO. The van der Waals surface area contributed by atoms with Gasteiger partial charge in [0.1, 0.15) is 0 Å². The topological polar surface area (TPSA) is 29.1 Å². The van der Waals surface area contributed by atoms with Crippen molar-refractivity contribution < 1.29 is 4.79 Å². The number of hydrogen-bond acceptors (Lipinski definition) is 1. The summed E-state index contributed by atoms with van der Waals surface area (Å²) in [7, 11) is 0. The zero-order chi connectivity index (χ0) is 14.6. The van der Waals surface area contributed by atoms with Crippen LogP contribution >= 0.6 is 31.9 Å². The Morgan fingerprint density at radius 3 is 1.95 bits per heavy atom. The third kappa shape index (κ3) is 2.70. The lowest BCUT2D eigenvalue weighted by atomic mass is 9.54. The van der Waals surface area contributed by atoms with E-state index in [9.17, 15) is 4.79 Å². The van der Waals surface area contributed by atoms with E-state index < -0.39 is 0 Å². The first-order valence-corrected chi connectivity index (χ1v) is 9.44. The lowest BCUT2D eigenvalue weighted by molar-refractivity contribution is -0.0119. The minimum absolute atomic E-state index is 0.0782. The van der Waals surface area contributed by atoms with Crippen LogP contribution in [0, 0.1) is 23.7 Å². The van der Waals surface area contributed by atoms with Crippen molar-refractivity contribution in [3.8, 4) is 0 Å². The van der Waals surface area contributed by atoms with Crippen LogP contribution in [0.3, 0.4) is 0 Å². The first-order chi connectivity index (χ1) is 10.1. The highest BCUT2D eigenvalue weighted by Crippen LogP contribution is 2.53. The van der Waals surface area contributed by atoms with E-state index in [0.717, 1.165) is 38.2 Å². The first-order valence-electron chi connectivity index (χ1n) is 7.85. The van der Waals surface area contributed by atoms with Crippen molar-refractivity contribution in [2.45, 2.75) is 38.1 Å². The molecule has 4 fully saturated rings. The Morgan fingerprint density at radius 1 is 0.905 bits per heavy atom. The predicted molar refractivity (Wildman–Crippen MR) is 90.1 cm³/mol. The highest BCUT2D eigenvalue weighted by atomic mass is 79.9. The number of amides is 1. The van der Waals surface area contributed by atoms with Crippen LogP contribution in [0.2, 0.25) is 0 Å². The number of hydrogen-bond donors (Lipinski definition) is 1. The largest absolute Gasteiger partial charge is 0.349 e. The van der Waals surface area contributed by atoms with Gasteiger partial charge in [0.05, 0.1) is 0 Å². The average molecular weight is 413 g/mol. The zero-order valence-electron chi connectivity index (χ0n) is 11.8. The van der Waals surface area contributed by atoms with E-state index in [1.165, 1.54) is 32.1 Å². The summed E-state index contributed by atoms with van der Waals surface area (Å²) in [6.45, 7) is 0. The summed E-state index contributed by atoms with van der Waals surface area (Å²) in [5.41, 5.74) is 0.741. The number of carbonyl (C=O) groups is 1. The fourth-order valence-corrected chi connectivity index (χ4v) is 6.37. The Balaban J connectivity index is 1.52. The van der Waals surface area contributed by atoms with Crippen LogP contribution in [0.1, 0.15) is 42.5 Å². The van der Waals surface area contributed by atoms with Crippen molar-refractivity contribution in [1.82, 2.24) is 5.32 Å². The van der Waals surface area contributed by atoms with Crippen LogP contribution in [0.4, 0.5) is 0 Å².